The van der Waals surface area contributed by atoms with Gasteiger partial charge in [-0.15, -0.1) is 6.58 Å². The molecule has 5 nitrogen and oxygen atoms in total. The molecule has 94 valence electrons. The maximum atomic E-state index is 11.4. The number of nitrogens with zero attached hydrogens (tertiary/aromatic N) is 3. The number of azide groups is 1. The zero-order chi connectivity index (χ0) is 13.4. The standard InChI is InChI=1S/C13H15N3O2/c1-10(2)3-8-13(17)18-9-11-4-6-12(7-5-11)15-16-14/h4-7H,1,3,8-9H2,2H3. The van der Waals surface area contributed by atoms with Gasteiger partial charge in [0.1, 0.15) is 6.61 Å². The summed E-state index contributed by atoms with van der Waals surface area (Å²) in [7, 11) is 0. The number of benzene rings is 1. The van der Waals surface area contributed by atoms with Crippen LogP contribution in [0.25, 0.3) is 10.4 Å². The maximum absolute atomic E-state index is 11.4. The van der Waals surface area contributed by atoms with Crippen molar-refractivity contribution in [2.24, 2.45) is 5.11 Å². The Morgan fingerprint density at radius 3 is 2.61 bits per heavy atom. The summed E-state index contributed by atoms with van der Waals surface area (Å²) in [6.07, 6.45) is 1.00. The molecule has 0 heterocycles. The van der Waals surface area contributed by atoms with Crippen molar-refractivity contribution in [1.29, 1.82) is 0 Å². The SMILES string of the molecule is C=C(C)CCC(=O)OCc1ccc(N=[N+]=[N-])cc1. The second kappa shape index (κ2) is 7.14. The van der Waals surface area contributed by atoms with E-state index in [0.717, 1.165) is 11.1 Å². The van der Waals surface area contributed by atoms with Crippen LogP contribution in [0.2, 0.25) is 0 Å². The number of hydrogen-bond acceptors (Lipinski definition) is 3. The number of rotatable bonds is 6. The Balaban J connectivity index is 2.41. The molecule has 0 aliphatic rings. The number of hydrogen-bond donors (Lipinski definition) is 0. The van der Waals surface area contributed by atoms with Gasteiger partial charge in [-0.05, 0) is 24.4 Å². The number of allylic oxidation sites excluding steroid dienone is 1. The van der Waals surface area contributed by atoms with Crippen LogP contribution in [0.3, 0.4) is 0 Å². The molecule has 0 aliphatic carbocycles. The molecule has 0 bridgehead atoms. The lowest BCUT2D eigenvalue weighted by molar-refractivity contribution is -0.144. The van der Waals surface area contributed by atoms with Gasteiger partial charge in [-0.3, -0.25) is 4.79 Å². The highest BCUT2D eigenvalue weighted by Gasteiger charge is 2.03. The molecule has 0 saturated carbocycles. The smallest absolute Gasteiger partial charge is 0.306 e. The first kappa shape index (κ1) is 13.8. The number of carbonyl (C=O) groups is 1. The molecule has 0 aliphatic heterocycles. The van der Waals surface area contributed by atoms with Crippen LogP contribution in [0, 0.1) is 0 Å². The molecule has 0 N–H and O–H groups in total. The van der Waals surface area contributed by atoms with Crippen LogP contribution in [0.5, 0.6) is 0 Å². The van der Waals surface area contributed by atoms with Gasteiger partial charge >= 0.3 is 5.97 Å². The second-order valence-corrected chi connectivity index (χ2v) is 3.97. The van der Waals surface area contributed by atoms with E-state index in [4.69, 9.17) is 10.3 Å². The lowest BCUT2D eigenvalue weighted by Gasteiger charge is -2.05. The lowest BCUT2D eigenvalue weighted by Crippen LogP contribution is -2.04. The third-order valence-corrected chi connectivity index (χ3v) is 2.25. The molecular formula is C13H15N3O2. The molecule has 0 atom stereocenters. The van der Waals surface area contributed by atoms with Gasteiger partial charge in [0, 0.05) is 17.0 Å². The van der Waals surface area contributed by atoms with Crippen molar-refractivity contribution in [3.05, 3.63) is 52.4 Å². The van der Waals surface area contributed by atoms with E-state index in [-0.39, 0.29) is 12.6 Å². The molecular weight excluding hydrogens is 230 g/mol. The molecule has 0 fully saturated rings. The Morgan fingerprint density at radius 1 is 1.39 bits per heavy atom. The second-order valence-electron chi connectivity index (χ2n) is 3.97. The Hall–Kier alpha value is -2.26. The lowest BCUT2D eigenvalue weighted by atomic mass is 10.2. The van der Waals surface area contributed by atoms with Gasteiger partial charge in [0.25, 0.3) is 0 Å². The minimum Gasteiger partial charge on any atom is -0.461 e. The van der Waals surface area contributed by atoms with Crippen molar-refractivity contribution in [1.82, 2.24) is 0 Å². The highest BCUT2D eigenvalue weighted by molar-refractivity contribution is 5.69. The summed E-state index contributed by atoms with van der Waals surface area (Å²) in [5.41, 5.74) is 10.6. The van der Waals surface area contributed by atoms with E-state index in [0.29, 0.717) is 18.5 Å². The molecule has 1 rings (SSSR count). The number of esters is 1. The molecule has 0 saturated heterocycles. The Kier molecular flexibility index (Phi) is 5.48. The first-order valence-corrected chi connectivity index (χ1v) is 5.56. The predicted octanol–water partition coefficient (Wildman–Crippen LogP) is 4.03. The molecule has 1 aromatic rings. The number of ether oxygens (including phenoxy) is 1. The van der Waals surface area contributed by atoms with Gasteiger partial charge in [-0.2, -0.15) is 0 Å². The topological polar surface area (TPSA) is 75.1 Å². The summed E-state index contributed by atoms with van der Waals surface area (Å²) in [6.45, 7) is 5.83. The summed E-state index contributed by atoms with van der Waals surface area (Å²) < 4.78 is 5.09. The minimum absolute atomic E-state index is 0.228. The van der Waals surface area contributed by atoms with Crippen LogP contribution in [-0.4, -0.2) is 5.97 Å². The van der Waals surface area contributed by atoms with Gasteiger partial charge in [0.15, 0.2) is 0 Å². The van der Waals surface area contributed by atoms with Crippen molar-refractivity contribution in [2.75, 3.05) is 0 Å². The first-order valence-electron chi connectivity index (χ1n) is 5.56. The molecule has 18 heavy (non-hydrogen) atoms. The van der Waals surface area contributed by atoms with Gasteiger partial charge in [-0.25, -0.2) is 0 Å². The molecule has 0 amide bonds. The highest BCUT2D eigenvalue weighted by Crippen LogP contribution is 2.14. The largest absolute Gasteiger partial charge is 0.461 e. The van der Waals surface area contributed by atoms with E-state index < -0.39 is 0 Å². The highest BCUT2D eigenvalue weighted by atomic mass is 16.5. The van der Waals surface area contributed by atoms with E-state index in [2.05, 4.69) is 16.6 Å². The quantitative estimate of drug-likeness (QED) is 0.249. The Labute approximate surface area is 106 Å². The third kappa shape index (κ3) is 5.18. The zero-order valence-electron chi connectivity index (χ0n) is 10.3. The van der Waals surface area contributed by atoms with Crippen LogP contribution in [0.1, 0.15) is 25.3 Å². The Bertz CT molecular complexity index is 474. The van der Waals surface area contributed by atoms with E-state index in [1.165, 1.54) is 0 Å². The number of carbonyl (C=O) groups excluding carboxylic acids is 1. The average Bonchev–Trinajstić information content (AvgIpc) is 2.36. The van der Waals surface area contributed by atoms with Crippen LogP contribution < -0.4 is 0 Å². The van der Waals surface area contributed by atoms with Crippen LogP contribution in [0.15, 0.2) is 41.5 Å². The minimum atomic E-state index is -0.239. The predicted molar refractivity (Wildman–Crippen MR) is 69.1 cm³/mol. The Morgan fingerprint density at radius 2 is 2.06 bits per heavy atom. The monoisotopic (exact) mass is 245 g/mol. The first-order chi connectivity index (χ1) is 8.61. The van der Waals surface area contributed by atoms with Crippen molar-refractivity contribution >= 4 is 11.7 Å². The summed E-state index contributed by atoms with van der Waals surface area (Å²) in [4.78, 5) is 14.0. The fourth-order valence-electron chi connectivity index (χ4n) is 1.26. The van der Waals surface area contributed by atoms with Crippen LogP contribution >= 0.6 is 0 Å². The van der Waals surface area contributed by atoms with Crippen molar-refractivity contribution in [3.8, 4) is 0 Å². The van der Waals surface area contributed by atoms with E-state index in [1.807, 2.05) is 6.92 Å². The average molecular weight is 245 g/mol. The van der Waals surface area contributed by atoms with Gasteiger partial charge in [0.2, 0.25) is 0 Å². The van der Waals surface area contributed by atoms with E-state index >= 15 is 0 Å². The summed E-state index contributed by atoms with van der Waals surface area (Å²) in [5.74, 6) is -0.239. The van der Waals surface area contributed by atoms with Crippen molar-refractivity contribution < 1.29 is 9.53 Å². The van der Waals surface area contributed by atoms with Crippen LogP contribution in [-0.2, 0) is 16.1 Å². The molecule has 0 aromatic heterocycles. The fourth-order valence-corrected chi connectivity index (χ4v) is 1.26. The summed E-state index contributed by atoms with van der Waals surface area (Å²) >= 11 is 0. The molecule has 0 spiro atoms. The van der Waals surface area contributed by atoms with Crippen LogP contribution in [0.4, 0.5) is 5.69 Å². The normalized spacial score (nSPS) is 9.39. The molecule has 1 aromatic carbocycles. The molecule has 0 unspecified atom stereocenters. The third-order valence-electron chi connectivity index (χ3n) is 2.25. The fraction of sp³-hybridized carbons (Fsp3) is 0.308. The summed E-state index contributed by atoms with van der Waals surface area (Å²) in [6, 6.07) is 6.87. The van der Waals surface area contributed by atoms with Gasteiger partial charge in [-0.1, -0.05) is 35.0 Å². The zero-order valence-corrected chi connectivity index (χ0v) is 10.3. The molecule has 0 radical (unpaired) electrons. The summed E-state index contributed by atoms with van der Waals surface area (Å²) in [5, 5.41) is 3.45. The van der Waals surface area contributed by atoms with Crippen molar-refractivity contribution in [3.63, 3.8) is 0 Å². The van der Waals surface area contributed by atoms with E-state index in [9.17, 15) is 4.79 Å². The maximum Gasteiger partial charge on any atom is 0.306 e. The van der Waals surface area contributed by atoms with Gasteiger partial charge < -0.3 is 4.74 Å². The van der Waals surface area contributed by atoms with E-state index in [1.54, 1.807) is 24.3 Å². The van der Waals surface area contributed by atoms with Gasteiger partial charge in [0.05, 0.1) is 0 Å². The van der Waals surface area contributed by atoms with Crippen molar-refractivity contribution in [2.45, 2.75) is 26.4 Å². The molecule has 5 heteroatoms.